The van der Waals surface area contributed by atoms with E-state index in [1.54, 1.807) is 12.1 Å². The van der Waals surface area contributed by atoms with Crippen molar-refractivity contribution >= 4 is 5.69 Å². The minimum atomic E-state index is -0.147. The number of hydrogen-bond donors (Lipinski definition) is 1. The lowest BCUT2D eigenvalue weighted by Crippen LogP contribution is -2.39. The lowest BCUT2D eigenvalue weighted by molar-refractivity contribution is 0.321. The summed E-state index contributed by atoms with van der Waals surface area (Å²) >= 11 is 0. The SMILES string of the molecule is CCNCc1cc(F)ccc1N(C)C1CCCCC1C. The first-order chi connectivity index (χ1) is 9.63. The molecule has 2 unspecified atom stereocenters. The summed E-state index contributed by atoms with van der Waals surface area (Å²) in [6.07, 6.45) is 5.21. The zero-order valence-electron chi connectivity index (χ0n) is 13.0. The fraction of sp³-hybridized carbons (Fsp3) is 0.647. The van der Waals surface area contributed by atoms with E-state index in [-0.39, 0.29) is 5.82 Å². The molecule has 1 aliphatic carbocycles. The molecule has 2 atom stereocenters. The summed E-state index contributed by atoms with van der Waals surface area (Å²) in [6, 6.07) is 5.76. The van der Waals surface area contributed by atoms with Gasteiger partial charge in [-0.2, -0.15) is 0 Å². The third-order valence-electron chi connectivity index (χ3n) is 4.55. The van der Waals surface area contributed by atoms with Gasteiger partial charge in [0.2, 0.25) is 0 Å². The van der Waals surface area contributed by atoms with Gasteiger partial charge in [-0.1, -0.05) is 26.7 Å². The molecule has 0 aromatic heterocycles. The van der Waals surface area contributed by atoms with Crippen molar-refractivity contribution in [3.05, 3.63) is 29.6 Å². The molecule has 3 heteroatoms. The molecule has 1 aliphatic rings. The van der Waals surface area contributed by atoms with Crippen LogP contribution in [0.25, 0.3) is 0 Å². The summed E-state index contributed by atoms with van der Waals surface area (Å²) in [7, 11) is 2.16. The van der Waals surface area contributed by atoms with Crippen LogP contribution in [-0.4, -0.2) is 19.6 Å². The number of rotatable bonds is 5. The Kier molecular flexibility index (Phi) is 5.41. The minimum Gasteiger partial charge on any atom is -0.371 e. The molecule has 0 amide bonds. The van der Waals surface area contributed by atoms with E-state index in [4.69, 9.17) is 0 Å². The van der Waals surface area contributed by atoms with Gasteiger partial charge in [-0.25, -0.2) is 4.39 Å². The quantitative estimate of drug-likeness (QED) is 0.877. The lowest BCUT2D eigenvalue weighted by Gasteiger charge is -2.38. The van der Waals surface area contributed by atoms with Crippen LogP contribution >= 0.6 is 0 Å². The Hall–Kier alpha value is -1.09. The molecular weight excluding hydrogens is 251 g/mol. The molecule has 20 heavy (non-hydrogen) atoms. The van der Waals surface area contributed by atoms with Gasteiger partial charge in [0, 0.05) is 25.3 Å². The van der Waals surface area contributed by atoms with E-state index in [0.29, 0.717) is 12.0 Å². The Morgan fingerprint density at radius 3 is 2.75 bits per heavy atom. The number of nitrogens with one attached hydrogen (secondary N) is 1. The topological polar surface area (TPSA) is 15.3 Å². The number of hydrogen-bond acceptors (Lipinski definition) is 2. The van der Waals surface area contributed by atoms with Gasteiger partial charge in [0.25, 0.3) is 0 Å². The van der Waals surface area contributed by atoms with Crippen LogP contribution in [0.1, 0.15) is 45.1 Å². The van der Waals surface area contributed by atoms with Crippen molar-refractivity contribution in [2.24, 2.45) is 5.92 Å². The molecule has 1 aromatic rings. The highest BCUT2D eigenvalue weighted by Gasteiger charge is 2.26. The largest absolute Gasteiger partial charge is 0.371 e. The highest BCUT2D eigenvalue weighted by molar-refractivity contribution is 5.54. The molecule has 1 saturated carbocycles. The Morgan fingerprint density at radius 2 is 2.05 bits per heavy atom. The van der Waals surface area contributed by atoms with E-state index in [1.165, 1.54) is 31.4 Å². The second-order valence-corrected chi connectivity index (χ2v) is 5.99. The summed E-state index contributed by atoms with van der Waals surface area (Å²) in [4.78, 5) is 2.37. The molecule has 0 aliphatic heterocycles. The van der Waals surface area contributed by atoms with Crippen molar-refractivity contribution in [3.63, 3.8) is 0 Å². The maximum absolute atomic E-state index is 13.5. The van der Waals surface area contributed by atoms with Crippen LogP contribution < -0.4 is 10.2 Å². The zero-order valence-corrected chi connectivity index (χ0v) is 13.0. The molecule has 2 nitrogen and oxygen atoms in total. The average molecular weight is 278 g/mol. The first kappa shape index (κ1) is 15.3. The first-order valence-electron chi connectivity index (χ1n) is 7.85. The van der Waals surface area contributed by atoms with Crippen molar-refractivity contribution in [1.29, 1.82) is 0 Å². The van der Waals surface area contributed by atoms with Crippen LogP contribution in [0.4, 0.5) is 10.1 Å². The third-order valence-corrected chi connectivity index (χ3v) is 4.55. The van der Waals surface area contributed by atoms with Crippen LogP contribution in [0.3, 0.4) is 0 Å². The van der Waals surface area contributed by atoms with Crippen LogP contribution in [0, 0.1) is 11.7 Å². The van der Waals surface area contributed by atoms with Crippen LogP contribution in [0.2, 0.25) is 0 Å². The smallest absolute Gasteiger partial charge is 0.123 e. The second-order valence-electron chi connectivity index (χ2n) is 5.99. The van der Waals surface area contributed by atoms with E-state index in [2.05, 4.69) is 31.1 Å². The molecule has 1 aromatic carbocycles. The first-order valence-corrected chi connectivity index (χ1v) is 7.85. The van der Waals surface area contributed by atoms with Gasteiger partial charge in [0.15, 0.2) is 0 Å². The number of benzene rings is 1. The second kappa shape index (κ2) is 7.07. The van der Waals surface area contributed by atoms with E-state index >= 15 is 0 Å². The summed E-state index contributed by atoms with van der Waals surface area (Å²) in [5.74, 6) is 0.567. The van der Waals surface area contributed by atoms with E-state index in [1.807, 2.05) is 6.07 Å². The predicted molar refractivity (Wildman–Crippen MR) is 83.6 cm³/mol. The van der Waals surface area contributed by atoms with Crippen LogP contribution in [0.15, 0.2) is 18.2 Å². The average Bonchev–Trinajstić information content (AvgIpc) is 2.45. The molecule has 1 N–H and O–H groups in total. The fourth-order valence-electron chi connectivity index (χ4n) is 3.35. The van der Waals surface area contributed by atoms with Gasteiger partial charge in [0.05, 0.1) is 0 Å². The van der Waals surface area contributed by atoms with Gasteiger partial charge < -0.3 is 10.2 Å². The number of nitrogens with zero attached hydrogens (tertiary/aromatic N) is 1. The number of halogens is 1. The number of anilines is 1. The molecule has 0 radical (unpaired) electrons. The monoisotopic (exact) mass is 278 g/mol. The van der Waals surface area contributed by atoms with Gasteiger partial charge in [0.1, 0.15) is 5.82 Å². The molecule has 0 saturated heterocycles. The van der Waals surface area contributed by atoms with Gasteiger partial charge in [-0.3, -0.25) is 0 Å². The summed E-state index contributed by atoms with van der Waals surface area (Å²) in [5, 5.41) is 3.31. The van der Waals surface area contributed by atoms with Crippen molar-refractivity contribution < 1.29 is 4.39 Å². The maximum Gasteiger partial charge on any atom is 0.123 e. The summed E-state index contributed by atoms with van der Waals surface area (Å²) < 4.78 is 13.5. The molecule has 1 fully saturated rings. The predicted octanol–water partition coefficient (Wildman–Crippen LogP) is 3.95. The van der Waals surface area contributed by atoms with Gasteiger partial charge in [-0.05, 0) is 49.1 Å². The van der Waals surface area contributed by atoms with Crippen molar-refractivity contribution in [1.82, 2.24) is 5.32 Å². The molecule has 2 rings (SSSR count). The van der Waals surface area contributed by atoms with Gasteiger partial charge >= 0.3 is 0 Å². The van der Waals surface area contributed by atoms with E-state index in [9.17, 15) is 4.39 Å². The highest BCUT2D eigenvalue weighted by Crippen LogP contribution is 2.32. The molecule has 0 heterocycles. The Balaban J connectivity index is 2.21. The molecule has 112 valence electrons. The van der Waals surface area contributed by atoms with Crippen LogP contribution in [-0.2, 0) is 6.54 Å². The maximum atomic E-state index is 13.5. The molecular formula is C17H27FN2. The molecule has 0 spiro atoms. The molecule has 0 bridgehead atoms. The third kappa shape index (κ3) is 3.51. The standard InChI is InChI=1S/C17H27FN2/c1-4-19-12-14-11-15(18)9-10-17(14)20(3)16-8-6-5-7-13(16)2/h9-11,13,16,19H,4-8,12H2,1-3H3. The Labute approximate surface area is 122 Å². The highest BCUT2D eigenvalue weighted by atomic mass is 19.1. The lowest BCUT2D eigenvalue weighted by atomic mass is 9.84. The van der Waals surface area contributed by atoms with Crippen molar-refractivity contribution in [3.8, 4) is 0 Å². The fourth-order valence-corrected chi connectivity index (χ4v) is 3.35. The Morgan fingerprint density at radius 1 is 1.30 bits per heavy atom. The van der Waals surface area contributed by atoms with Crippen molar-refractivity contribution in [2.45, 2.75) is 52.1 Å². The van der Waals surface area contributed by atoms with Crippen molar-refractivity contribution in [2.75, 3.05) is 18.5 Å². The normalized spacial score (nSPS) is 22.8. The van der Waals surface area contributed by atoms with Gasteiger partial charge in [-0.15, -0.1) is 0 Å². The van der Waals surface area contributed by atoms with E-state index in [0.717, 1.165) is 18.7 Å². The summed E-state index contributed by atoms with van der Waals surface area (Å²) in [5.41, 5.74) is 2.23. The van der Waals surface area contributed by atoms with Crippen LogP contribution in [0.5, 0.6) is 0 Å². The summed E-state index contributed by atoms with van der Waals surface area (Å²) in [6.45, 7) is 6.05. The Bertz CT molecular complexity index is 433. The zero-order chi connectivity index (χ0) is 14.5. The van der Waals surface area contributed by atoms with E-state index < -0.39 is 0 Å². The minimum absolute atomic E-state index is 0.147.